The number of benzene rings is 3. The zero-order chi connectivity index (χ0) is 29.7. The Morgan fingerprint density at radius 1 is 0.951 bits per heavy atom. The van der Waals surface area contributed by atoms with Gasteiger partial charge in [-0.1, -0.05) is 88.7 Å². The van der Waals surface area contributed by atoms with Crippen LogP contribution in [-0.4, -0.2) is 52.8 Å². The Bertz CT molecular complexity index is 1400. The Labute approximate surface area is 244 Å². The summed E-state index contributed by atoms with van der Waals surface area (Å²) in [5, 5.41) is 11.5. The Kier molecular flexibility index (Phi) is 9.34. The number of hydrogen-bond donors (Lipinski definition) is 1. The van der Waals surface area contributed by atoms with Crippen molar-refractivity contribution >= 4 is 17.4 Å². The predicted octanol–water partition coefficient (Wildman–Crippen LogP) is 6.64. The van der Waals surface area contributed by atoms with E-state index in [1.54, 1.807) is 29.2 Å². The maximum Gasteiger partial charge on any atom is 0.295 e. The average molecular weight is 555 g/mol. The van der Waals surface area contributed by atoms with E-state index in [-0.39, 0.29) is 16.7 Å². The van der Waals surface area contributed by atoms with Gasteiger partial charge in [-0.2, -0.15) is 0 Å². The highest BCUT2D eigenvalue weighted by Gasteiger charge is 2.46. The molecule has 6 heteroatoms. The molecule has 0 aliphatic carbocycles. The molecule has 0 spiro atoms. The predicted molar refractivity (Wildman–Crippen MR) is 164 cm³/mol. The first-order valence-electron chi connectivity index (χ1n) is 14.4. The summed E-state index contributed by atoms with van der Waals surface area (Å²) < 4.78 is 5.94. The van der Waals surface area contributed by atoms with Crippen molar-refractivity contribution in [3.05, 3.63) is 106 Å². The van der Waals surface area contributed by atoms with Gasteiger partial charge in [-0.15, -0.1) is 0 Å². The molecule has 1 fully saturated rings. The summed E-state index contributed by atoms with van der Waals surface area (Å²) >= 11 is 0. The minimum absolute atomic E-state index is 0.0355. The molecule has 4 rings (SSSR count). The van der Waals surface area contributed by atoms with Crippen LogP contribution in [-0.2, 0) is 21.6 Å². The van der Waals surface area contributed by atoms with Crippen LogP contribution in [0.3, 0.4) is 0 Å². The summed E-state index contributed by atoms with van der Waals surface area (Å²) in [4.78, 5) is 30.6. The molecule has 3 aromatic rings. The van der Waals surface area contributed by atoms with Crippen molar-refractivity contribution in [2.45, 2.75) is 59.6 Å². The zero-order valence-corrected chi connectivity index (χ0v) is 25.1. The summed E-state index contributed by atoms with van der Waals surface area (Å²) in [6.07, 6.45) is 0. The zero-order valence-electron chi connectivity index (χ0n) is 25.1. The number of carbonyl (C=O) groups excluding carboxylic acids is 2. The molecule has 216 valence electrons. The van der Waals surface area contributed by atoms with Crippen LogP contribution in [0.25, 0.3) is 5.76 Å². The van der Waals surface area contributed by atoms with Crippen LogP contribution in [0.5, 0.6) is 5.75 Å². The molecular formula is C35H42N2O4. The smallest absolute Gasteiger partial charge is 0.295 e. The molecule has 41 heavy (non-hydrogen) atoms. The van der Waals surface area contributed by atoms with Gasteiger partial charge in [-0.3, -0.25) is 9.59 Å². The van der Waals surface area contributed by atoms with Crippen LogP contribution in [0, 0.1) is 6.92 Å². The van der Waals surface area contributed by atoms with Crippen molar-refractivity contribution in [2.75, 3.05) is 26.2 Å². The largest absolute Gasteiger partial charge is 0.507 e. The van der Waals surface area contributed by atoms with E-state index in [9.17, 15) is 14.7 Å². The van der Waals surface area contributed by atoms with Gasteiger partial charge < -0.3 is 19.6 Å². The van der Waals surface area contributed by atoms with Crippen molar-refractivity contribution in [3.8, 4) is 5.75 Å². The summed E-state index contributed by atoms with van der Waals surface area (Å²) in [6.45, 7) is 15.8. The number of nitrogens with zero attached hydrogens (tertiary/aromatic N) is 2. The van der Waals surface area contributed by atoms with E-state index in [0.717, 1.165) is 29.8 Å². The Balaban J connectivity index is 1.66. The highest BCUT2D eigenvalue weighted by Crippen LogP contribution is 2.40. The standard InChI is InChI=1S/C35H42N2O4/c1-7-36(8-2)20-21-37-31(26-12-16-28(17-13-26)35(4,5)6)30(33(39)34(37)40)32(38)27-14-18-29(19-15-27)41-23-25-11-9-10-24(3)22-25/h9-19,22,31,38H,7-8,20-21,23H2,1-6H3. The first kappa shape index (κ1) is 30.1. The quantitative estimate of drug-likeness (QED) is 0.173. The molecule has 6 nitrogen and oxygen atoms in total. The Hall–Kier alpha value is -3.90. The van der Waals surface area contributed by atoms with Gasteiger partial charge in [0.2, 0.25) is 0 Å². The Morgan fingerprint density at radius 2 is 1.61 bits per heavy atom. The minimum atomic E-state index is -0.670. The van der Waals surface area contributed by atoms with E-state index < -0.39 is 17.7 Å². The molecule has 0 saturated carbocycles. The molecule has 1 atom stereocenters. The number of ketones is 1. The van der Waals surface area contributed by atoms with Gasteiger partial charge in [-0.05, 0) is 66.4 Å². The third-order valence-electron chi connectivity index (χ3n) is 7.80. The Morgan fingerprint density at radius 3 is 2.20 bits per heavy atom. The fourth-order valence-electron chi connectivity index (χ4n) is 5.24. The van der Waals surface area contributed by atoms with Gasteiger partial charge in [0.1, 0.15) is 18.1 Å². The molecule has 0 aromatic heterocycles. The second-order valence-electron chi connectivity index (χ2n) is 11.7. The first-order chi connectivity index (χ1) is 19.5. The summed E-state index contributed by atoms with van der Waals surface area (Å²) in [7, 11) is 0. The molecule has 1 aliphatic heterocycles. The van der Waals surface area contributed by atoms with Gasteiger partial charge in [0.05, 0.1) is 11.6 Å². The van der Waals surface area contributed by atoms with Crippen LogP contribution in [0.1, 0.15) is 68.5 Å². The number of aliphatic hydroxyl groups is 1. The van der Waals surface area contributed by atoms with E-state index in [1.807, 2.05) is 49.4 Å². The van der Waals surface area contributed by atoms with Crippen LogP contribution in [0.4, 0.5) is 0 Å². The van der Waals surface area contributed by atoms with Gasteiger partial charge >= 0.3 is 0 Å². The number of rotatable bonds is 10. The van der Waals surface area contributed by atoms with E-state index in [0.29, 0.717) is 31.0 Å². The van der Waals surface area contributed by atoms with Gasteiger partial charge in [0.15, 0.2) is 0 Å². The lowest BCUT2D eigenvalue weighted by Crippen LogP contribution is -2.38. The van der Waals surface area contributed by atoms with E-state index in [1.165, 1.54) is 5.56 Å². The minimum Gasteiger partial charge on any atom is -0.507 e. The molecule has 1 amide bonds. The molecule has 1 unspecified atom stereocenters. The number of likely N-dealkylation sites (tertiary alicyclic amines) is 1. The molecule has 0 bridgehead atoms. The lowest BCUT2D eigenvalue weighted by atomic mass is 9.85. The van der Waals surface area contributed by atoms with E-state index in [2.05, 4.69) is 45.6 Å². The van der Waals surface area contributed by atoms with Crippen LogP contribution < -0.4 is 4.74 Å². The summed E-state index contributed by atoms with van der Waals surface area (Å²) in [5.74, 6) is -0.769. The van der Waals surface area contributed by atoms with Gasteiger partial charge in [-0.25, -0.2) is 0 Å². The number of carbonyl (C=O) groups is 2. The number of amides is 1. The fraction of sp³-hybridized carbons (Fsp3) is 0.371. The molecular weight excluding hydrogens is 512 g/mol. The third-order valence-corrected chi connectivity index (χ3v) is 7.80. The topological polar surface area (TPSA) is 70.1 Å². The van der Waals surface area contributed by atoms with Crippen molar-refractivity contribution in [3.63, 3.8) is 0 Å². The lowest BCUT2D eigenvalue weighted by molar-refractivity contribution is -0.140. The second kappa shape index (κ2) is 12.7. The van der Waals surface area contributed by atoms with Crippen molar-refractivity contribution in [2.24, 2.45) is 0 Å². The number of aliphatic hydroxyl groups excluding tert-OH is 1. The second-order valence-corrected chi connectivity index (χ2v) is 11.7. The number of Topliss-reactive ketones (excluding diaryl/α,β-unsaturated/α-hetero) is 1. The SMILES string of the molecule is CCN(CC)CCN1C(=O)C(=O)C(=C(O)c2ccc(OCc3cccc(C)c3)cc2)C1c1ccc(C(C)(C)C)cc1. The summed E-state index contributed by atoms with van der Waals surface area (Å²) in [5.41, 5.74) is 4.74. The van der Waals surface area contributed by atoms with Gasteiger partial charge in [0.25, 0.3) is 11.7 Å². The number of likely N-dealkylation sites (N-methyl/N-ethyl adjacent to an activating group) is 1. The number of ether oxygens (including phenoxy) is 1. The van der Waals surface area contributed by atoms with Crippen LogP contribution in [0.2, 0.25) is 0 Å². The molecule has 1 saturated heterocycles. The first-order valence-corrected chi connectivity index (χ1v) is 14.4. The van der Waals surface area contributed by atoms with Crippen molar-refractivity contribution in [1.82, 2.24) is 9.80 Å². The van der Waals surface area contributed by atoms with Crippen LogP contribution >= 0.6 is 0 Å². The fourth-order valence-corrected chi connectivity index (χ4v) is 5.24. The third kappa shape index (κ3) is 6.88. The number of aryl methyl sites for hydroxylation is 1. The van der Waals surface area contributed by atoms with Crippen LogP contribution in [0.15, 0.2) is 78.4 Å². The van der Waals surface area contributed by atoms with E-state index in [4.69, 9.17) is 4.74 Å². The molecule has 3 aromatic carbocycles. The maximum atomic E-state index is 13.4. The summed E-state index contributed by atoms with van der Waals surface area (Å²) in [6, 6.07) is 22.5. The monoisotopic (exact) mass is 554 g/mol. The van der Waals surface area contributed by atoms with Crippen molar-refractivity contribution < 1.29 is 19.4 Å². The number of hydrogen-bond acceptors (Lipinski definition) is 5. The molecule has 0 radical (unpaired) electrons. The van der Waals surface area contributed by atoms with Gasteiger partial charge in [0, 0.05) is 18.7 Å². The lowest BCUT2D eigenvalue weighted by Gasteiger charge is -2.28. The maximum absolute atomic E-state index is 13.4. The molecule has 1 aliphatic rings. The highest BCUT2D eigenvalue weighted by atomic mass is 16.5. The molecule has 1 N–H and O–H groups in total. The molecule has 1 heterocycles. The van der Waals surface area contributed by atoms with E-state index >= 15 is 0 Å². The van der Waals surface area contributed by atoms with Crippen molar-refractivity contribution in [1.29, 1.82) is 0 Å². The normalized spacial score (nSPS) is 17.0. The average Bonchev–Trinajstić information content (AvgIpc) is 3.21. The highest BCUT2D eigenvalue weighted by molar-refractivity contribution is 6.46.